The fraction of sp³-hybridized carbons (Fsp3) is 0.500. The number of nitrogens with zero attached hydrogens (tertiary/aromatic N) is 3. The third kappa shape index (κ3) is 4.56. The van der Waals surface area contributed by atoms with Crippen LogP contribution in [0.25, 0.3) is 0 Å². The predicted octanol–water partition coefficient (Wildman–Crippen LogP) is 3.63. The summed E-state index contributed by atoms with van der Waals surface area (Å²) in [5, 5.41) is 2.78. The predicted molar refractivity (Wildman–Crippen MR) is 126 cm³/mol. The second kappa shape index (κ2) is 9.41. The normalized spacial score (nSPS) is 18.2. The summed E-state index contributed by atoms with van der Waals surface area (Å²) in [4.78, 5) is 33.6. The number of Topliss-reactive ketones (excluding diaryl/α,β-unsaturated/α-hetero) is 1. The Morgan fingerprint density at radius 3 is 2.69 bits per heavy atom. The molecule has 168 valence electrons. The number of nitrogens with one attached hydrogen (secondary N) is 1. The van der Waals surface area contributed by atoms with Crippen molar-refractivity contribution in [3.8, 4) is 0 Å². The lowest BCUT2D eigenvalue weighted by Gasteiger charge is -2.37. The van der Waals surface area contributed by atoms with Crippen molar-refractivity contribution < 1.29 is 9.59 Å². The van der Waals surface area contributed by atoms with Crippen LogP contribution in [0.5, 0.6) is 0 Å². The van der Waals surface area contributed by atoms with Gasteiger partial charge in [0.1, 0.15) is 11.5 Å². The van der Waals surface area contributed by atoms with E-state index in [0.29, 0.717) is 30.8 Å². The van der Waals surface area contributed by atoms with Gasteiger partial charge in [-0.25, -0.2) is 4.98 Å². The highest BCUT2D eigenvalue weighted by molar-refractivity contribution is 5.97. The number of carbonyl (C=O) groups excluding carboxylic acids is 2. The third-order valence-electron chi connectivity index (χ3n) is 7.11. The molecule has 3 aliphatic rings. The third-order valence-corrected chi connectivity index (χ3v) is 7.11. The Morgan fingerprint density at radius 1 is 0.938 bits per heavy atom. The summed E-state index contributed by atoms with van der Waals surface area (Å²) < 4.78 is 0. The fourth-order valence-corrected chi connectivity index (χ4v) is 5.25. The van der Waals surface area contributed by atoms with Crippen LogP contribution in [0, 0.1) is 0 Å². The van der Waals surface area contributed by atoms with E-state index in [1.807, 2.05) is 6.07 Å². The highest BCUT2D eigenvalue weighted by atomic mass is 16.1. The van der Waals surface area contributed by atoms with Gasteiger partial charge in [-0.2, -0.15) is 0 Å². The minimum Gasteiger partial charge on any atom is -0.369 e. The maximum atomic E-state index is 12.6. The highest BCUT2D eigenvalue weighted by Crippen LogP contribution is 2.31. The van der Waals surface area contributed by atoms with Crippen LogP contribution in [0.1, 0.15) is 59.3 Å². The van der Waals surface area contributed by atoms with E-state index in [-0.39, 0.29) is 11.7 Å². The maximum absolute atomic E-state index is 12.6. The van der Waals surface area contributed by atoms with Crippen LogP contribution in [0.15, 0.2) is 30.3 Å². The molecule has 1 aliphatic carbocycles. The van der Waals surface area contributed by atoms with E-state index in [2.05, 4.69) is 38.3 Å². The summed E-state index contributed by atoms with van der Waals surface area (Å²) in [5.74, 6) is 0.607. The van der Waals surface area contributed by atoms with Crippen LogP contribution < -0.4 is 10.2 Å². The second-order valence-electron chi connectivity index (χ2n) is 9.23. The van der Waals surface area contributed by atoms with Crippen molar-refractivity contribution >= 4 is 23.2 Å². The van der Waals surface area contributed by atoms with Gasteiger partial charge in [0.15, 0.2) is 5.78 Å². The number of aromatic nitrogens is 1. The van der Waals surface area contributed by atoms with Gasteiger partial charge in [-0.15, -0.1) is 0 Å². The van der Waals surface area contributed by atoms with E-state index in [1.54, 1.807) is 17.2 Å². The zero-order valence-electron chi connectivity index (χ0n) is 18.7. The van der Waals surface area contributed by atoms with Crippen LogP contribution in [0.2, 0.25) is 0 Å². The summed E-state index contributed by atoms with van der Waals surface area (Å²) >= 11 is 0. The van der Waals surface area contributed by atoms with Crippen LogP contribution in [0.3, 0.4) is 0 Å². The zero-order chi connectivity index (χ0) is 21.9. The van der Waals surface area contributed by atoms with Crippen LogP contribution in [-0.2, 0) is 24.1 Å². The lowest BCUT2D eigenvalue weighted by molar-refractivity contribution is -0.116. The van der Waals surface area contributed by atoms with Crippen LogP contribution in [0.4, 0.5) is 11.5 Å². The molecule has 1 aromatic heterocycles. The molecule has 3 heterocycles. The molecule has 1 saturated heterocycles. The van der Waals surface area contributed by atoms with E-state index in [4.69, 9.17) is 0 Å². The molecule has 1 aromatic carbocycles. The van der Waals surface area contributed by atoms with Gasteiger partial charge in [0.2, 0.25) is 5.91 Å². The second-order valence-corrected chi connectivity index (χ2v) is 9.23. The minimum absolute atomic E-state index is 0.0219. The van der Waals surface area contributed by atoms with Gasteiger partial charge in [0.25, 0.3) is 0 Å². The number of anilines is 2. The minimum atomic E-state index is -0.0219. The van der Waals surface area contributed by atoms with Crippen molar-refractivity contribution in [3.63, 3.8) is 0 Å². The largest absolute Gasteiger partial charge is 0.369 e. The lowest BCUT2D eigenvalue weighted by atomic mass is 10.0. The van der Waals surface area contributed by atoms with Gasteiger partial charge in [0.05, 0.1) is 0 Å². The molecule has 32 heavy (non-hydrogen) atoms. The number of hydrogen-bond donors (Lipinski definition) is 1. The molecule has 1 fully saturated rings. The quantitative estimate of drug-likeness (QED) is 0.535. The topological polar surface area (TPSA) is 65.5 Å². The van der Waals surface area contributed by atoms with Gasteiger partial charge in [-0.1, -0.05) is 18.2 Å². The number of amides is 1. The molecule has 2 aromatic rings. The molecular weight excluding hydrogens is 400 g/mol. The number of fused-ring (bicyclic) bond motifs is 2. The van der Waals surface area contributed by atoms with Crippen LogP contribution >= 0.6 is 0 Å². The maximum Gasteiger partial charge on any atom is 0.225 e. The number of unbranched alkanes of at least 4 members (excludes halogenated alkanes) is 1. The Labute approximate surface area is 190 Å². The first-order valence-electron chi connectivity index (χ1n) is 12.1. The first-order valence-corrected chi connectivity index (χ1v) is 12.1. The summed E-state index contributed by atoms with van der Waals surface area (Å²) in [7, 11) is 0. The van der Waals surface area contributed by atoms with E-state index in [1.165, 1.54) is 24.9 Å². The molecule has 1 amide bonds. The Balaban J connectivity index is 1.05. The van der Waals surface area contributed by atoms with Crippen molar-refractivity contribution in [2.45, 2.75) is 51.4 Å². The Kier molecular flexibility index (Phi) is 6.21. The molecule has 0 saturated carbocycles. The van der Waals surface area contributed by atoms with Crippen molar-refractivity contribution in [1.29, 1.82) is 0 Å². The Bertz CT molecular complexity index is 1010. The molecule has 5 rings (SSSR count). The summed E-state index contributed by atoms with van der Waals surface area (Å²) in [6, 6.07) is 10.5. The van der Waals surface area contributed by atoms with Gasteiger partial charge in [-0.05, 0) is 73.9 Å². The highest BCUT2D eigenvalue weighted by Gasteiger charge is 2.22. The first kappa shape index (κ1) is 21.1. The monoisotopic (exact) mass is 432 g/mol. The molecule has 1 N–H and O–H groups in total. The van der Waals surface area contributed by atoms with Crippen molar-refractivity contribution in [2.75, 3.05) is 42.9 Å². The van der Waals surface area contributed by atoms with Crippen molar-refractivity contribution in [3.05, 3.63) is 52.7 Å². The SMILES string of the molecule is O=C1CCc2ccc(C(=O)CCCCN3CCN(c4cccc5c4CCC5)CC3)nc2N1. The zero-order valence-corrected chi connectivity index (χ0v) is 18.7. The number of hydrogen-bond acceptors (Lipinski definition) is 5. The number of ketones is 1. The number of aryl methyl sites for hydroxylation is 2. The number of pyridine rings is 1. The van der Waals surface area contributed by atoms with Crippen LogP contribution in [-0.4, -0.2) is 54.3 Å². The smallest absolute Gasteiger partial charge is 0.225 e. The average Bonchev–Trinajstić information content (AvgIpc) is 3.31. The lowest BCUT2D eigenvalue weighted by Crippen LogP contribution is -2.46. The summed E-state index contributed by atoms with van der Waals surface area (Å²) in [5.41, 5.74) is 6.06. The van der Waals surface area contributed by atoms with E-state index in [0.717, 1.165) is 51.1 Å². The van der Waals surface area contributed by atoms with E-state index < -0.39 is 0 Å². The fourth-order valence-electron chi connectivity index (χ4n) is 5.25. The molecular formula is C26H32N4O2. The first-order chi connectivity index (χ1) is 15.7. The van der Waals surface area contributed by atoms with Gasteiger partial charge in [0, 0.05) is 44.7 Å². The molecule has 0 bridgehead atoms. The number of rotatable bonds is 7. The number of piperazine rings is 1. The van der Waals surface area contributed by atoms with Gasteiger partial charge >= 0.3 is 0 Å². The van der Waals surface area contributed by atoms with Crippen molar-refractivity contribution in [2.24, 2.45) is 0 Å². The molecule has 6 nitrogen and oxygen atoms in total. The molecule has 0 unspecified atom stereocenters. The molecule has 0 spiro atoms. The van der Waals surface area contributed by atoms with Crippen molar-refractivity contribution in [1.82, 2.24) is 9.88 Å². The van der Waals surface area contributed by atoms with Gasteiger partial charge in [-0.3, -0.25) is 14.5 Å². The summed E-state index contributed by atoms with van der Waals surface area (Å²) in [6.07, 6.45) is 7.34. The Hall–Kier alpha value is -2.73. The summed E-state index contributed by atoms with van der Waals surface area (Å²) in [6.45, 7) is 5.38. The molecule has 6 heteroatoms. The van der Waals surface area contributed by atoms with E-state index in [9.17, 15) is 9.59 Å². The Morgan fingerprint density at radius 2 is 1.81 bits per heavy atom. The van der Waals surface area contributed by atoms with Gasteiger partial charge < -0.3 is 10.2 Å². The standard InChI is InChI=1S/C26H32N4O2/c31-24(22-12-10-20-11-13-25(32)28-26(20)27-22)9-1-2-14-29-15-17-30(18-16-29)23-8-4-6-19-5-3-7-21(19)23/h4,6,8,10,12H,1-3,5,7,9,11,13-18H2,(H,27,28,32). The molecule has 0 radical (unpaired) electrons. The van der Waals surface area contributed by atoms with E-state index >= 15 is 0 Å². The number of benzene rings is 1. The average molecular weight is 433 g/mol. The molecule has 0 atom stereocenters. The number of carbonyl (C=O) groups is 2. The molecule has 2 aliphatic heterocycles.